The van der Waals surface area contributed by atoms with E-state index in [0.29, 0.717) is 24.7 Å². The first kappa shape index (κ1) is 27.0. The van der Waals surface area contributed by atoms with Crippen molar-refractivity contribution in [1.29, 1.82) is 0 Å². The van der Waals surface area contributed by atoms with Crippen LogP contribution in [0.3, 0.4) is 0 Å². The molecule has 2 aliphatic carbocycles. The number of rotatable bonds is 11. The monoisotopic (exact) mass is 485 g/mol. The van der Waals surface area contributed by atoms with Crippen LogP contribution < -0.4 is 0 Å². The number of allylic oxidation sites excluding steroid dienone is 1. The lowest BCUT2D eigenvalue weighted by molar-refractivity contribution is -0.134. The lowest BCUT2D eigenvalue weighted by atomic mass is 9.89. The van der Waals surface area contributed by atoms with E-state index in [0.717, 1.165) is 29.9 Å². The van der Waals surface area contributed by atoms with Gasteiger partial charge in [0.1, 0.15) is 0 Å². The normalized spacial score (nSPS) is 25.3. The first-order chi connectivity index (χ1) is 16.2. The summed E-state index contributed by atoms with van der Waals surface area (Å²) in [7, 11) is 0. The van der Waals surface area contributed by atoms with E-state index in [-0.39, 0.29) is 30.0 Å². The Hall–Kier alpha value is -1.56. The van der Waals surface area contributed by atoms with E-state index in [1.165, 1.54) is 11.1 Å². The number of carbonyl (C=O) groups excluding carboxylic acids is 1. The van der Waals surface area contributed by atoms with Gasteiger partial charge in [0.15, 0.2) is 0 Å². The summed E-state index contributed by atoms with van der Waals surface area (Å²) in [5.74, 6) is 3.00. The highest BCUT2D eigenvalue weighted by atomic mass is 32.2. The third-order valence-electron chi connectivity index (χ3n) is 7.18. The molecule has 0 heterocycles. The Balaban J connectivity index is 1.45. The van der Waals surface area contributed by atoms with Crippen molar-refractivity contribution in [3.63, 3.8) is 0 Å². The number of fused-ring (bicyclic) bond motifs is 1. The number of aliphatic hydroxyl groups is 2. The van der Waals surface area contributed by atoms with Gasteiger partial charge in [-0.25, -0.2) is 0 Å². The number of nitrogens with zero attached hydrogens (tertiary/aromatic N) is 1. The number of aryl methyl sites for hydroxylation is 1. The van der Waals surface area contributed by atoms with Crippen molar-refractivity contribution in [1.82, 2.24) is 4.90 Å². The van der Waals surface area contributed by atoms with Gasteiger partial charge in [-0.1, -0.05) is 53.6 Å². The van der Waals surface area contributed by atoms with Crippen molar-refractivity contribution >= 4 is 17.7 Å². The molecule has 5 atom stereocenters. The van der Waals surface area contributed by atoms with E-state index < -0.39 is 6.10 Å². The Morgan fingerprint density at radius 3 is 2.65 bits per heavy atom. The smallest absolute Gasteiger partial charge is 0.223 e. The number of amides is 1. The van der Waals surface area contributed by atoms with E-state index in [9.17, 15) is 15.0 Å². The maximum atomic E-state index is 12.6. The molecule has 1 fully saturated rings. The second-order valence-electron chi connectivity index (χ2n) is 10.7. The summed E-state index contributed by atoms with van der Waals surface area (Å²) in [6.45, 7) is 10.4. The third-order valence-corrected chi connectivity index (χ3v) is 8.25. The molecule has 1 amide bonds. The minimum Gasteiger partial charge on any atom is -0.392 e. The van der Waals surface area contributed by atoms with Crippen LogP contribution in [0.5, 0.6) is 0 Å². The fraction of sp³-hybridized carbons (Fsp3) is 0.621. The molecule has 2 aliphatic rings. The van der Waals surface area contributed by atoms with E-state index >= 15 is 0 Å². The molecule has 0 bridgehead atoms. The van der Waals surface area contributed by atoms with Crippen molar-refractivity contribution in [3.05, 3.63) is 59.2 Å². The van der Waals surface area contributed by atoms with Crippen LogP contribution in [0.1, 0.15) is 58.1 Å². The molecule has 0 aliphatic heterocycles. The van der Waals surface area contributed by atoms with Gasteiger partial charge < -0.3 is 15.1 Å². The summed E-state index contributed by atoms with van der Waals surface area (Å²) in [6, 6.07) is 8.72. The van der Waals surface area contributed by atoms with Crippen LogP contribution in [0.25, 0.3) is 0 Å². The topological polar surface area (TPSA) is 60.8 Å². The van der Waals surface area contributed by atoms with Crippen molar-refractivity contribution in [3.8, 4) is 0 Å². The van der Waals surface area contributed by atoms with Gasteiger partial charge in [0.25, 0.3) is 0 Å². The first-order valence-corrected chi connectivity index (χ1v) is 14.0. The molecule has 2 N–H and O–H groups in total. The molecule has 0 spiro atoms. The summed E-state index contributed by atoms with van der Waals surface area (Å²) in [5.41, 5.74) is 3.78. The van der Waals surface area contributed by atoms with Crippen molar-refractivity contribution in [2.75, 3.05) is 11.5 Å². The first-order valence-electron chi connectivity index (χ1n) is 12.8. The van der Waals surface area contributed by atoms with Gasteiger partial charge in [0.05, 0.1) is 12.2 Å². The number of aliphatic hydroxyl groups excluding tert-OH is 2. The molecule has 5 heteroatoms. The van der Waals surface area contributed by atoms with Crippen LogP contribution in [-0.2, 0) is 11.2 Å². The Morgan fingerprint density at radius 1 is 1.24 bits per heavy atom. The molecule has 0 radical (unpaired) electrons. The highest BCUT2D eigenvalue weighted by Crippen LogP contribution is 2.47. The third kappa shape index (κ3) is 7.22. The molecule has 34 heavy (non-hydrogen) atoms. The predicted octanol–water partition coefficient (Wildman–Crippen LogP) is 5.17. The molecule has 1 aromatic rings. The quantitative estimate of drug-likeness (QED) is 0.335. The molecule has 1 aromatic carbocycles. The molecular weight excluding hydrogens is 442 g/mol. The lowest BCUT2D eigenvalue weighted by Gasteiger charge is -2.30. The molecule has 4 nitrogen and oxygen atoms in total. The molecule has 3 rings (SSSR count). The number of hydrogen-bond acceptors (Lipinski definition) is 4. The zero-order chi connectivity index (χ0) is 24.8. The molecular formula is C29H43NO3S. The number of thioether (sulfide) groups is 1. The fourth-order valence-corrected chi connectivity index (χ4v) is 6.72. The Bertz CT molecular complexity index is 870. The maximum Gasteiger partial charge on any atom is 0.223 e. The standard InChI is InChI=1S/C29H43NO3S/c1-19(2)30(20(3)4)29(33)11-12-34-18-23-14-24-17-28(32)26(27(24)16-23)10-9-25(31)15-22-8-6-7-21(5)13-22/h6-10,13-14,19-20,24-28,31-32H,11-12,15-18H2,1-5H3/b10-9+/t24-,25+,26+,27-,28+/m0/s1. The van der Waals surface area contributed by atoms with E-state index in [1.54, 1.807) is 0 Å². The van der Waals surface area contributed by atoms with Crippen molar-refractivity contribution in [2.45, 2.75) is 84.6 Å². The van der Waals surface area contributed by atoms with Gasteiger partial charge >= 0.3 is 0 Å². The highest BCUT2D eigenvalue weighted by molar-refractivity contribution is 7.99. The Labute approximate surface area is 210 Å². The highest BCUT2D eigenvalue weighted by Gasteiger charge is 2.43. The average Bonchev–Trinajstić information content (AvgIpc) is 3.25. The fourth-order valence-electron chi connectivity index (χ4n) is 5.78. The van der Waals surface area contributed by atoms with Crippen LogP contribution in [0.4, 0.5) is 0 Å². The molecule has 0 unspecified atom stereocenters. The van der Waals surface area contributed by atoms with Gasteiger partial charge in [-0.3, -0.25) is 4.79 Å². The second kappa shape index (κ2) is 12.4. The van der Waals surface area contributed by atoms with Gasteiger partial charge in [-0.05, 0) is 64.9 Å². The van der Waals surface area contributed by atoms with Crippen LogP contribution >= 0.6 is 11.8 Å². The zero-order valence-corrected chi connectivity index (χ0v) is 22.3. The zero-order valence-electron chi connectivity index (χ0n) is 21.5. The minimum atomic E-state index is -0.536. The molecule has 1 saturated carbocycles. The summed E-state index contributed by atoms with van der Waals surface area (Å²) in [6.07, 6.45) is 8.44. The van der Waals surface area contributed by atoms with E-state index in [1.807, 2.05) is 34.9 Å². The van der Waals surface area contributed by atoms with Crippen molar-refractivity contribution < 1.29 is 15.0 Å². The Morgan fingerprint density at radius 2 is 1.97 bits per heavy atom. The number of carbonyl (C=O) groups is 1. The predicted molar refractivity (Wildman–Crippen MR) is 143 cm³/mol. The summed E-state index contributed by atoms with van der Waals surface area (Å²) < 4.78 is 0. The lowest BCUT2D eigenvalue weighted by Crippen LogP contribution is -2.42. The van der Waals surface area contributed by atoms with Crippen LogP contribution in [0.2, 0.25) is 0 Å². The summed E-state index contributed by atoms with van der Waals surface area (Å²) in [4.78, 5) is 14.5. The maximum absolute atomic E-state index is 12.6. The number of benzene rings is 1. The SMILES string of the molecule is Cc1cccc(C[C@H](O)/C=C/[C@@H]2[C@H]3CC(CSCCC(=O)N(C(C)C)C(C)C)=C[C@H]3C[C@H]2O)c1. The Kier molecular flexibility index (Phi) is 9.87. The molecule has 188 valence electrons. The van der Waals surface area contributed by atoms with Crippen LogP contribution in [0.15, 0.2) is 48.1 Å². The average molecular weight is 486 g/mol. The van der Waals surface area contributed by atoms with Gasteiger partial charge in [-0.15, -0.1) is 0 Å². The van der Waals surface area contributed by atoms with Crippen LogP contribution in [-0.4, -0.2) is 56.8 Å². The van der Waals surface area contributed by atoms with Crippen molar-refractivity contribution in [2.24, 2.45) is 17.8 Å². The minimum absolute atomic E-state index is 0.100. The largest absolute Gasteiger partial charge is 0.392 e. The summed E-state index contributed by atoms with van der Waals surface area (Å²) in [5, 5.41) is 21.1. The van der Waals surface area contributed by atoms with E-state index in [4.69, 9.17) is 0 Å². The van der Waals surface area contributed by atoms with Gasteiger partial charge in [-0.2, -0.15) is 11.8 Å². The second-order valence-corrected chi connectivity index (χ2v) is 11.8. The van der Waals surface area contributed by atoms with Gasteiger partial charge in [0.2, 0.25) is 5.91 Å². The summed E-state index contributed by atoms with van der Waals surface area (Å²) >= 11 is 1.84. The van der Waals surface area contributed by atoms with E-state index in [2.05, 4.69) is 58.9 Å². The van der Waals surface area contributed by atoms with Crippen LogP contribution in [0, 0.1) is 24.7 Å². The molecule has 0 saturated heterocycles. The number of hydrogen-bond donors (Lipinski definition) is 2. The van der Waals surface area contributed by atoms with Gasteiger partial charge in [0, 0.05) is 42.3 Å². The molecule has 0 aromatic heterocycles.